The number of allylic oxidation sites excluding steroid dienone is 1. The molecule has 1 aromatic carbocycles. The number of nitrogens with two attached hydrogens (primary N) is 1. The van der Waals surface area contributed by atoms with E-state index in [1.807, 2.05) is 26.0 Å². The van der Waals surface area contributed by atoms with Gasteiger partial charge in [0.15, 0.2) is 0 Å². The molecule has 15 heteroatoms. The summed E-state index contributed by atoms with van der Waals surface area (Å²) in [6.07, 6.45) is 6.27. The first kappa shape index (κ1) is 53.4. The SMILES string of the molecule is C.C.CC.CCS(=O)(=O)Cl.ClC=COCOC=CCl.N#C[C-]=Cc1ccc(N)cc1.O=C(Cl)CC(=O)Cl.[Y]. The summed E-state index contributed by atoms with van der Waals surface area (Å²) in [6, 6.07) is 9.03. The fourth-order valence-electron chi connectivity index (χ4n) is 1.01. The molecule has 0 fully saturated rings. The molecule has 217 valence electrons. The van der Waals surface area contributed by atoms with Crippen molar-refractivity contribution in [1.82, 2.24) is 0 Å². The van der Waals surface area contributed by atoms with Gasteiger partial charge in [-0.05, 0) is 29.3 Å². The molecule has 0 aromatic heterocycles. The fourth-order valence-corrected chi connectivity index (χ4v) is 1.46. The molecule has 1 rings (SSSR count). The second-order valence-corrected chi connectivity index (χ2v) is 9.17. The van der Waals surface area contributed by atoms with Crippen LogP contribution in [0.3, 0.4) is 0 Å². The maximum Gasteiger partial charge on any atom is 0.232 e. The van der Waals surface area contributed by atoms with Crippen molar-refractivity contribution in [1.29, 1.82) is 5.26 Å². The Morgan fingerprint density at radius 2 is 1.39 bits per heavy atom. The van der Waals surface area contributed by atoms with Crippen molar-refractivity contribution in [2.24, 2.45) is 0 Å². The molecule has 0 bridgehead atoms. The summed E-state index contributed by atoms with van der Waals surface area (Å²) in [5.74, 6) is 0.00849. The number of hydrogen-bond donors (Lipinski definition) is 1. The van der Waals surface area contributed by atoms with Crippen LogP contribution in [-0.2, 0) is 60.8 Å². The monoisotopic (exact) mass is 730 g/mol. The Balaban J connectivity index is -0.0000000658. The third-order valence-electron chi connectivity index (χ3n) is 2.29. The summed E-state index contributed by atoms with van der Waals surface area (Å²) in [4.78, 5) is 19.4. The maximum atomic E-state index is 9.77. The smallest absolute Gasteiger partial charge is 0.232 e. The van der Waals surface area contributed by atoms with Crippen molar-refractivity contribution >= 4 is 88.4 Å². The van der Waals surface area contributed by atoms with E-state index in [9.17, 15) is 18.0 Å². The first-order chi connectivity index (χ1) is 16.4. The van der Waals surface area contributed by atoms with Gasteiger partial charge < -0.3 is 15.2 Å². The van der Waals surface area contributed by atoms with Crippen LogP contribution in [-0.4, -0.2) is 31.4 Å². The minimum Gasteiger partial charge on any atom is -0.464 e. The summed E-state index contributed by atoms with van der Waals surface area (Å²) < 4.78 is 28.8. The van der Waals surface area contributed by atoms with E-state index >= 15 is 0 Å². The second-order valence-electron chi connectivity index (χ2n) is 4.76. The predicted octanol–water partition coefficient (Wildman–Crippen LogP) is 7.78. The van der Waals surface area contributed by atoms with E-state index in [1.165, 1.54) is 30.5 Å². The molecule has 0 heterocycles. The minimum absolute atomic E-state index is 0. The molecule has 0 saturated carbocycles. The van der Waals surface area contributed by atoms with Crippen LogP contribution in [0, 0.1) is 17.4 Å². The van der Waals surface area contributed by atoms with E-state index in [0.717, 1.165) is 11.3 Å². The van der Waals surface area contributed by atoms with Gasteiger partial charge in [0.2, 0.25) is 26.3 Å². The Bertz CT molecular complexity index is 884. The maximum absolute atomic E-state index is 9.77. The molecule has 0 aliphatic heterocycles. The Kier molecular flexibility index (Phi) is 57.2. The molecule has 2 N–H and O–H groups in total. The first-order valence-corrected chi connectivity index (χ1v) is 13.4. The van der Waals surface area contributed by atoms with Crippen LogP contribution in [0.15, 0.2) is 47.9 Å². The first-order valence-electron chi connectivity index (χ1n) is 9.29. The van der Waals surface area contributed by atoms with Gasteiger partial charge in [-0.15, -0.1) is 12.1 Å². The molecule has 1 radical (unpaired) electrons. The molecule has 0 spiro atoms. The molecule has 0 saturated heterocycles. The summed E-state index contributed by atoms with van der Waals surface area (Å²) in [5.41, 5.74) is 9.60. The van der Waals surface area contributed by atoms with Gasteiger partial charge >= 0.3 is 0 Å². The summed E-state index contributed by atoms with van der Waals surface area (Å²) in [7, 11) is 1.50. The zero-order valence-corrected chi connectivity index (χ0v) is 27.1. The predicted molar refractivity (Wildman–Crippen MR) is 158 cm³/mol. The topological polar surface area (TPSA) is 137 Å². The van der Waals surface area contributed by atoms with E-state index in [4.69, 9.17) is 57.4 Å². The van der Waals surface area contributed by atoms with Crippen molar-refractivity contribution in [2.45, 2.75) is 42.0 Å². The molecule has 0 aliphatic carbocycles. The molecule has 0 amide bonds. The average molecular weight is 733 g/mol. The van der Waals surface area contributed by atoms with Gasteiger partial charge in [0.05, 0.1) is 24.7 Å². The number of carbonyl (C=O) groups excluding carboxylic acids is 2. The molecule has 0 unspecified atom stereocenters. The van der Waals surface area contributed by atoms with Crippen molar-refractivity contribution in [3.8, 4) is 6.07 Å². The number of benzene rings is 1. The van der Waals surface area contributed by atoms with Gasteiger partial charge in [0.1, 0.15) is 0 Å². The van der Waals surface area contributed by atoms with Crippen molar-refractivity contribution in [3.63, 3.8) is 0 Å². The Morgan fingerprint density at radius 3 is 1.63 bits per heavy atom. The van der Waals surface area contributed by atoms with E-state index < -0.39 is 19.5 Å². The molecular weight excluding hydrogens is 698 g/mol. The van der Waals surface area contributed by atoms with Crippen LogP contribution in [0.25, 0.3) is 6.08 Å². The normalized spacial score (nSPS) is 8.92. The van der Waals surface area contributed by atoms with Gasteiger partial charge in [-0.2, -0.15) is 11.6 Å². The Labute approximate surface area is 277 Å². The van der Waals surface area contributed by atoms with Gasteiger partial charge in [0, 0.05) is 60.1 Å². The average Bonchev–Trinajstić information content (AvgIpc) is 2.80. The van der Waals surface area contributed by atoms with E-state index in [0.29, 0.717) is 0 Å². The van der Waals surface area contributed by atoms with E-state index in [-0.39, 0.29) is 66.5 Å². The number of halogens is 5. The van der Waals surface area contributed by atoms with Crippen LogP contribution in [0.5, 0.6) is 0 Å². The number of rotatable bonds is 8. The zero-order valence-electron chi connectivity index (χ0n) is 19.7. The molecule has 38 heavy (non-hydrogen) atoms. The second kappa shape index (κ2) is 40.7. The summed E-state index contributed by atoms with van der Waals surface area (Å²) >= 11 is 19.7. The molecule has 1 aromatic rings. The Hall–Kier alpha value is -0.826. The Morgan fingerprint density at radius 1 is 1.03 bits per heavy atom. The number of nitriles is 1. The number of carbonyl (C=O) groups is 2. The molecular formula is C23H34Cl5N2O6SY-. The number of nitrogens with zero attached hydrogens (tertiary/aromatic N) is 1. The van der Waals surface area contributed by atoms with Gasteiger partial charge in [0.25, 0.3) is 0 Å². The quantitative estimate of drug-likeness (QED) is 0.0418. The van der Waals surface area contributed by atoms with Crippen molar-refractivity contribution in [2.75, 3.05) is 18.3 Å². The third-order valence-corrected chi connectivity index (χ3v) is 4.11. The summed E-state index contributed by atoms with van der Waals surface area (Å²) in [5, 5.41) is 6.72. The van der Waals surface area contributed by atoms with Crippen molar-refractivity contribution < 1.29 is 60.2 Å². The zero-order chi connectivity index (χ0) is 28.1. The van der Waals surface area contributed by atoms with Crippen LogP contribution in [0.4, 0.5) is 5.69 Å². The third kappa shape index (κ3) is 60.0. The van der Waals surface area contributed by atoms with Gasteiger partial charge in [-0.3, -0.25) is 9.59 Å². The molecule has 8 nitrogen and oxygen atoms in total. The van der Waals surface area contributed by atoms with Crippen LogP contribution in [0.1, 0.15) is 47.6 Å². The number of nitrogen functional groups attached to an aromatic ring is 1. The van der Waals surface area contributed by atoms with Gasteiger partial charge in [-0.1, -0.05) is 71.0 Å². The minimum atomic E-state index is -3.19. The summed E-state index contributed by atoms with van der Waals surface area (Å²) in [6.45, 7) is 5.61. The van der Waals surface area contributed by atoms with Gasteiger partial charge in [-0.25, -0.2) is 19.8 Å². The van der Waals surface area contributed by atoms with E-state index in [1.54, 1.807) is 24.3 Å². The van der Waals surface area contributed by atoms with E-state index in [2.05, 4.69) is 26.2 Å². The largest absolute Gasteiger partial charge is 0.464 e. The van der Waals surface area contributed by atoms with Crippen LogP contribution in [0.2, 0.25) is 0 Å². The number of ether oxygens (including phenoxy) is 2. The molecule has 0 atom stereocenters. The number of hydrogen-bond acceptors (Lipinski definition) is 8. The number of anilines is 1. The fraction of sp³-hybridized carbons (Fsp3) is 0.348. The van der Waals surface area contributed by atoms with Crippen LogP contribution < -0.4 is 5.73 Å². The van der Waals surface area contributed by atoms with Crippen LogP contribution >= 0.6 is 57.1 Å². The van der Waals surface area contributed by atoms with Crippen molar-refractivity contribution in [3.05, 3.63) is 59.5 Å². The standard InChI is InChI=1S/C9H7N2.C5H6Cl2O2.C3H2Cl2O2.C2H5ClO2S.C2H6.2CH4.Y/c10-7-1-2-8-3-5-9(11)6-4-8;6-1-3-8-5-9-4-2-7;4-2(6)1-3(5)7;1-2-6(3,4)5;1-2;;;/h2-6H,11H2;1-4H,5H2;1H2;2H2,1H3;1-2H3;2*1H4;/q-1;;;;;;;. The molecule has 0 aliphatic rings.